The Balaban J connectivity index is 1.88. The summed E-state index contributed by atoms with van der Waals surface area (Å²) in [5.74, 6) is -0.0763. The van der Waals surface area contributed by atoms with Crippen molar-refractivity contribution in [2.24, 2.45) is 0 Å². The van der Waals surface area contributed by atoms with Crippen LogP contribution in [-0.2, 0) is 14.6 Å². The minimum absolute atomic E-state index is 0.00637. The van der Waals surface area contributed by atoms with Crippen molar-refractivity contribution in [1.29, 1.82) is 5.26 Å². The SMILES string of the molecule is CCS(=O)(=O)c1nnc(NC(=O)C(C#N)=Cc2cc(C)n(-c3ccc(OC)cc3)c2C)s1. The zero-order chi connectivity index (χ0) is 23.5. The molecule has 1 amide bonds. The zero-order valence-electron chi connectivity index (χ0n) is 17.9. The number of hydrogen-bond acceptors (Lipinski definition) is 8. The number of carbonyl (C=O) groups is 1. The van der Waals surface area contributed by atoms with Gasteiger partial charge in [-0.2, -0.15) is 5.26 Å². The number of hydrogen-bond donors (Lipinski definition) is 1. The maximum absolute atomic E-state index is 12.6. The highest BCUT2D eigenvalue weighted by Gasteiger charge is 2.20. The van der Waals surface area contributed by atoms with E-state index in [-0.39, 0.29) is 20.8 Å². The van der Waals surface area contributed by atoms with Crippen LogP contribution in [-0.4, -0.2) is 42.0 Å². The molecule has 9 nitrogen and oxygen atoms in total. The molecule has 32 heavy (non-hydrogen) atoms. The minimum atomic E-state index is -3.52. The summed E-state index contributed by atoms with van der Waals surface area (Å²) in [5.41, 5.74) is 3.25. The van der Waals surface area contributed by atoms with Gasteiger partial charge in [-0.1, -0.05) is 18.3 Å². The highest BCUT2D eigenvalue weighted by Crippen LogP contribution is 2.25. The Bertz CT molecular complexity index is 1330. The summed E-state index contributed by atoms with van der Waals surface area (Å²) >= 11 is 0.744. The number of sulfone groups is 1. The number of nitrogens with zero attached hydrogens (tertiary/aromatic N) is 4. The molecule has 3 aromatic rings. The van der Waals surface area contributed by atoms with Crippen molar-refractivity contribution in [2.75, 3.05) is 18.2 Å². The van der Waals surface area contributed by atoms with Crippen molar-refractivity contribution >= 4 is 38.3 Å². The summed E-state index contributed by atoms with van der Waals surface area (Å²) in [4.78, 5) is 12.6. The largest absolute Gasteiger partial charge is 0.497 e. The van der Waals surface area contributed by atoms with E-state index in [9.17, 15) is 18.5 Å². The molecule has 0 bridgehead atoms. The number of nitrogens with one attached hydrogen (secondary N) is 1. The van der Waals surface area contributed by atoms with Crippen LogP contribution >= 0.6 is 11.3 Å². The molecule has 0 aliphatic carbocycles. The van der Waals surface area contributed by atoms with E-state index in [0.717, 1.165) is 34.2 Å². The number of methoxy groups -OCH3 is 1. The third-order valence-corrected chi connectivity index (χ3v) is 7.76. The first kappa shape index (κ1) is 23.2. The van der Waals surface area contributed by atoms with E-state index in [1.165, 1.54) is 13.0 Å². The van der Waals surface area contributed by atoms with Crippen molar-refractivity contribution in [3.8, 4) is 17.5 Å². The van der Waals surface area contributed by atoms with E-state index in [2.05, 4.69) is 15.5 Å². The molecule has 0 radical (unpaired) electrons. The highest BCUT2D eigenvalue weighted by molar-refractivity contribution is 7.93. The van der Waals surface area contributed by atoms with Crippen LogP contribution in [0.5, 0.6) is 5.75 Å². The van der Waals surface area contributed by atoms with E-state index in [1.54, 1.807) is 7.11 Å². The quantitative estimate of drug-likeness (QED) is 0.318. The molecule has 1 aromatic carbocycles. The second-order valence-corrected chi connectivity index (χ2v) is 10.2. The normalized spacial score (nSPS) is 11.8. The summed E-state index contributed by atoms with van der Waals surface area (Å²) in [7, 11) is -1.92. The van der Waals surface area contributed by atoms with Crippen LogP contribution in [0.3, 0.4) is 0 Å². The number of carbonyl (C=O) groups excluding carboxylic acids is 1. The molecule has 0 aliphatic heterocycles. The van der Waals surface area contributed by atoms with Gasteiger partial charge >= 0.3 is 0 Å². The average molecular weight is 472 g/mol. The lowest BCUT2D eigenvalue weighted by molar-refractivity contribution is -0.112. The first-order chi connectivity index (χ1) is 15.2. The maximum Gasteiger partial charge on any atom is 0.268 e. The predicted octanol–water partition coefficient (Wildman–Crippen LogP) is 3.29. The number of nitriles is 1. The van der Waals surface area contributed by atoms with Crippen LogP contribution in [0, 0.1) is 25.2 Å². The number of rotatable bonds is 7. The van der Waals surface area contributed by atoms with Gasteiger partial charge in [0.2, 0.25) is 19.3 Å². The van der Waals surface area contributed by atoms with Crippen molar-refractivity contribution in [1.82, 2.24) is 14.8 Å². The molecular weight excluding hydrogens is 450 g/mol. The smallest absolute Gasteiger partial charge is 0.268 e. The molecule has 0 atom stereocenters. The first-order valence-electron chi connectivity index (χ1n) is 9.53. The fourth-order valence-electron chi connectivity index (χ4n) is 3.04. The summed E-state index contributed by atoms with van der Waals surface area (Å²) < 4.78 is 30.8. The van der Waals surface area contributed by atoms with Crippen molar-refractivity contribution < 1.29 is 17.9 Å². The number of anilines is 1. The number of aromatic nitrogens is 3. The van der Waals surface area contributed by atoms with E-state index in [4.69, 9.17) is 4.74 Å². The van der Waals surface area contributed by atoms with Crippen LogP contribution in [0.2, 0.25) is 0 Å². The molecule has 0 spiro atoms. The van der Waals surface area contributed by atoms with Gasteiger partial charge in [0, 0.05) is 17.1 Å². The summed E-state index contributed by atoms with van der Waals surface area (Å²) in [6.07, 6.45) is 1.49. The topological polar surface area (TPSA) is 127 Å². The third-order valence-electron chi connectivity index (χ3n) is 4.74. The lowest BCUT2D eigenvalue weighted by atomic mass is 10.1. The van der Waals surface area contributed by atoms with Gasteiger partial charge in [0.1, 0.15) is 17.4 Å². The van der Waals surface area contributed by atoms with E-state index in [1.807, 2.05) is 54.8 Å². The van der Waals surface area contributed by atoms with Crippen molar-refractivity contribution in [3.05, 3.63) is 52.9 Å². The predicted molar refractivity (Wildman–Crippen MR) is 122 cm³/mol. The molecule has 166 valence electrons. The van der Waals surface area contributed by atoms with Gasteiger partial charge in [-0.15, -0.1) is 10.2 Å². The van der Waals surface area contributed by atoms with Crippen LogP contribution in [0.4, 0.5) is 5.13 Å². The van der Waals surface area contributed by atoms with Crippen molar-refractivity contribution in [2.45, 2.75) is 25.1 Å². The fourth-order valence-corrected chi connectivity index (χ4v) is 5.02. The summed E-state index contributed by atoms with van der Waals surface area (Å²) in [5, 5.41) is 19.3. The molecule has 2 heterocycles. The van der Waals surface area contributed by atoms with Crippen LogP contribution in [0.15, 0.2) is 40.2 Å². The van der Waals surface area contributed by atoms with E-state index < -0.39 is 15.7 Å². The Morgan fingerprint density at radius 3 is 2.56 bits per heavy atom. The summed E-state index contributed by atoms with van der Waals surface area (Å²) in [6.45, 7) is 5.31. The molecule has 2 aromatic heterocycles. The Labute approximate surface area is 189 Å². The lowest BCUT2D eigenvalue weighted by Crippen LogP contribution is -2.13. The number of ether oxygens (including phenoxy) is 1. The maximum atomic E-state index is 12.6. The Kier molecular flexibility index (Phi) is 6.76. The molecule has 1 N–H and O–H groups in total. The van der Waals surface area contributed by atoms with Gasteiger partial charge in [0.05, 0.1) is 12.9 Å². The number of aryl methyl sites for hydroxylation is 1. The first-order valence-corrected chi connectivity index (χ1v) is 12.0. The monoisotopic (exact) mass is 471 g/mol. The number of amides is 1. The molecule has 0 saturated carbocycles. The molecule has 3 rings (SSSR count). The van der Waals surface area contributed by atoms with Gasteiger partial charge in [0.25, 0.3) is 5.91 Å². The molecule has 0 unspecified atom stereocenters. The number of benzene rings is 1. The van der Waals surface area contributed by atoms with Gasteiger partial charge < -0.3 is 9.30 Å². The Morgan fingerprint density at radius 2 is 1.97 bits per heavy atom. The molecule has 11 heteroatoms. The lowest BCUT2D eigenvalue weighted by Gasteiger charge is -2.10. The molecule has 0 aliphatic rings. The van der Waals surface area contributed by atoms with Gasteiger partial charge in [-0.3, -0.25) is 10.1 Å². The van der Waals surface area contributed by atoms with Crippen LogP contribution in [0.1, 0.15) is 23.9 Å². The highest BCUT2D eigenvalue weighted by atomic mass is 32.2. The third kappa shape index (κ3) is 4.71. The Morgan fingerprint density at radius 1 is 1.28 bits per heavy atom. The van der Waals surface area contributed by atoms with E-state index >= 15 is 0 Å². The molecular formula is C21H21N5O4S2. The van der Waals surface area contributed by atoms with E-state index in [0.29, 0.717) is 5.56 Å². The zero-order valence-corrected chi connectivity index (χ0v) is 19.5. The second-order valence-electron chi connectivity index (χ2n) is 6.76. The van der Waals surface area contributed by atoms with Crippen molar-refractivity contribution in [3.63, 3.8) is 0 Å². The van der Waals surface area contributed by atoms with Crippen LogP contribution < -0.4 is 10.1 Å². The second kappa shape index (κ2) is 9.33. The van der Waals surface area contributed by atoms with Gasteiger partial charge in [-0.05, 0) is 55.8 Å². The van der Waals surface area contributed by atoms with Gasteiger partial charge in [-0.25, -0.2) is 8.42 Å². The molecule has 0 fully saturated rings. The standard InChI is InChI=1S/C21H21N5O4S2/c1-5-32(28,29)21-25-24-20(31-21)23-19(27)16(12-22)11-15-10-13(2)26(14(15)3)17-6-8-18(30-4)9-7-17/h6-11H,5H2,1-4H3,(H,23,24,27). The van der Waals surface area contributed by atoms with Gasteiger partial charge in [0.15, 0.2) is 0 Å². The fraction of sp³-hybridized carbons (Fsp3) is 0.238. The average Bonchev–Trinajstić information content (AvgIpc) is 3.36. The summed E-state index contributed by atoms with van der Waals surface area (Å²) in [6, 6.07) is 11.3. The minimum Gasteiger partial charge on any atom is -0.497 e. The Hall–Kier alpha value is -3.49. The molecule has 0 saturated heterocycles. The van der Waals surface area contributed by atoms with Crippen LogP contribution in [0.25, 0.3) is 11.8 Å².